The number of carboxylic acids is 1. The standard InChI is InChI=1S/C13H23N3O3/c1-13(12(18)19)3-2-6-16(10-13)11(17)9-15-7-4-14-5-8-15/h14H,2-10H2,1H3,(H,18,19). The van der Waals surface area contributed by atoms with Gasteiger partial charge in [-0.25, -0.2) is 0 Å². The Morgan fingerprint density at radius 3 is 2.58 bits per heavy atom. The molecule has 1 amide bonds. The summed E-state index contributed by atoms with van der Waals surface area (Å²) in [4.78, 5) is 27.4. The zero-order chi connectivity index (χ0) is 13.9. The molecule has 19 heavy (non-hydrogen) atoms. The first-order valence-corrected chi connectivity index (χ1v) is 6.95. The Hall–Kier alpha value is -1.14. The van der Waals surface area contributed by atoms with Crippen molar-refractivity contribution in [1.29, 1.82) is 0 Å². The fraction of sp³-hybridized carbons (Fsp3) is 0.846. The van der Waals surface area contributed by atoms with Crippen LogP contribution in [0.3, 0.4) is 0 Å². The maximum absolute atomic E-state index is 12.2. The molecule has 6 nitrogen and oxygen atoms in total. The number of nitrogens with one attached hydrogen (secondary N) is 1. The molecule has 1 unspecified atom stereocenters. The van der Waals surface area contributed by atoms with E-state index in [2.05, 4.69) is 10.2 Å². The van der Waals surface area contributed by atoms with Crippen LogP contribution in [-0.2, 0) is 9.59 Å². The van der Waals surface area contributed by atoms with E-state index in [-0.39, 0.29) is 5.91 Å². The normalized spacial score (nSPS) is 29.2. The molecule has 0 radical (unpaired) electrons. The minimum Gasteiger partial charge on any atom is -0.481 e. The summed E-state index contributed by atoms with van der Waals surface area (Å²) in [7, 11) is 0. The zero-order valence-electron chi connectivity index (χ0n) is 11.5. The summed E-state index contributed by atoms with van der Waals surface area (Å²) in [5.41, 5.74) is -0.780. The van der Waals surface area contributed by atoms with Crippen LogP contribution in [0.5, 0.6) is 0 Å². The topological polar surface area (TPSA) is 72.9 Å². The first-order chi connectivity index (χ1) is 9.01. The first-order valence-electron chi connectivity index (χ1n) is 6.95. The molecular weight excluding hydrogens is 246 g/mol. The van der Waals surface area contributed by atoms with Crippen LogP contribution in [0.1, 0.15) is 19.8 Å². The summed E-state index contributed by atoms with van der Waals surface area (Å²) in [5, 5.41) is 12.5. The third-order valence-electron chi connectivity index (χ3n) is 4.13. The minimum atomic E-state index is -0.799. The van der Waals surface area contributed by atoms with E-state index in [1.54, 1.807) is 11.8 Å². The molecule has 2 fully saturated rings. The number of carboxylic acid groups (broad SMARTS) is 1. The summed E-state index contributed by atoms with van der Waals surface area (Å²) < 4.78 is 0. The smallest absolute Gasteiger partial charge is 0.311 e. The van der Waals surface area contributed by atoms with Crippen LogP contribution in [0.15, 0.2) is 0 Å². The van der Waals surface area contributed by atoms with E-state index in [9.17, 15) is 14.7 Å². The van der Waals surface area contributed by atoms with Gasteiger partial charge in [0.15, 0.2) is 0 Å². The quantitative estimate of drug-likeness (QED) is 0.730. The molecule has 2 N–H and O–H groups in total. The SMILES string of the molecule is CC1(C(=O)O)CCCN(C(=O)CN2CCNCC2)C1. The summed E-state index contributed by atoms with van der Waals surface area (Å²) in [6.45, 7) is 6.78. The maximum atomic E-state index is 12.2. The van der Waals surface area contributed by atoms with Crippen molar-refractivity contribution in [3.63, 3.8) is 0 Å². The van der Waals surface area contributed by atoms with Crippen LogP contribution in [0.4, 0.5) is 0 Å². The monoisotopic (exact) mass is 269 g/mol. The molecule has 0 aromatic heterocycles. The van der Waals surface area contributed by atoms with Crippen molar-refractivity contribution in [2.24, 2.45) is 5.41 Å². The number of piperidine rings is 1. The van der Waals surface area contributed by atoms with Crippen LogP contribution < -0.4 is 5.32 Å². The average molecular weight is 269 g/mol. The fourth-order valence-electron chi connectivity index (χ4n) is 2.79. The minimum absolute atomic E-state index is 0.0640. The number of hydrogen-bond acceptors (Lipinski definition) is 4. The van der Waals surface area contributed by atoms with Gasteiger partial charge in [0.05, 0.1) is 12.0 Å². The van der Waals surface area contributed by atoms with Gasteiger partial charge < -0.3 is 15.3 Å². The molecule has 1 atom stereocenters. The predicted octanol–water partition coefficient (Wildman–Crippen LogP) is -0.395. The van der Waals surface area contributed by atoms with Gasteiger partial charge in [-0.05, 0) is 19.8 Å². The number of nitrogens with zero attached hydrogens (tertiary/aromatic N) is 2. The predicted molar refractivity (Wildman–Crippen MR) is 70.9 cm³/mol. The van der Waals surface area contributed by atoms with Gasteiger partial charge in [-0.2, -0.15) is 0 Å². The molecule has 6 heteroatoms. The zero-order valence-corrected chi connectivity index (χ0v) is 11.5. The second-order valence-electron chi connectivity index (χ2n) is 5.81. The molecule has 2 aliphatic rings. The molecule has 0 saturated carbocycles. The maximum Gasteiger partial charge on any atom is 0.311 e. The highest BCUT2D eigenvalue weighted by Gasteiger charge is 2.39. The number of aliphatic carboxylic acids is 1. The van der Waals surface area contributed by atoms with E-state index in [1.807, 2.05) is 0 Å². The van der Waals surface area contributed by atoms with Crippen LogP contribution in [0.2, 0.25) is 0 Å². The summed E-state index contributed by atoms with van der Waals surface area (Å²) >= 11 is 0. The van der Waals surface area contributed by atoms with Gasteiger partial charge in [0.1, 0.15) is 0 Å². The van der Waals surface area contributed by atoms with Crippen molar-refractivity contribution in [2.75, 3.05) is 45.8 Å². The Morgan fingerprint density at radius 1 is 1.26 bits per heavy atom. The number of rotatable bonds is 3. The van der Waals surface area contributed by atoms with E-state index < -0.39 is 11.4 Å². The van der Waals surface area contributed by atoms with Crippen molar-refractivity contribution < 1.29 is 14.7 Å². The molecule has 2 heterocycles. The van der Waals surface area contributed by atoms with Crippen LogP contribution in [-0.4, -0.2) is 72.6 Å². The van der Waals surface area contributed by atoms with Gasteiger partial charge in [0.25, 0.3) is 0 Å². The van der Waals surface area contributed by atoms with Crippen LogP contribution in [0.25, 0.3) is 0 Å². The van der Waals surface area contributed by atoms with Crippen molar-refractivity contribution in [1.82, 2.24) is 15.1 Å². The van der Waals surface area contributed by atoms with Crippen molar-refractivity contribution >= 4 is 11.9 Å². The van der Waals surface area contributed by atoms with Crippen LogP contribution in [0, 0.1) is 5.41 Å². The number of amides is 1. The lowest BCUT2D eigenvalue weighted by molar-refractivity contribution is -0.153. The Morgan fingerprint density at radius 2 is 1.95 bits per heavy atom. The van der Waals surface area contributed by atoms with E-state index in [0.717, 1.165) is 32.6 Å². The van der Waals surface area contributed by atoms with Crippen LogP contribution >= 0.6 is 0 Å². The Labute approximate surface area is 113 Å². The number of carbonyl (C=O) groups excluding carboxylic acids is 1. The van der Waals surface area contributed by atoms with Gasteiger partial charge in [-0.3, -0.25) is 14.5 Å². The molecule has 2 rings (SSSR count). The number of hydrogen-bond donors (Lipinski definition) is 2. The Kier molecular flexibility index (Phi) is 4.42. The average Bonchev–Trinajstić information content (AvgIpc) is 2.40. The number of piperazine rings is 1. The molecule has 0 bridgehead atoms. The third kappa shape index (κ3) is 3.45. The second kappa shape index (κ2) is 5.88. The lowest BCUT2D eigenvalue weighted by Gasteiger charge is -2.38. The van der Waals surface area contributed by atoms with Crippen molar-refractivity contribution in [3.05, 3.63) is 0 Å². The molecule has 0 aliphatic carbocycles. The highest BCUT2D eigenvalue weighted by Crippen LogP contribution is 2.29. The molecule has 0 aromatic rings. The second-order valence-corrected chi connectivity index (χ2v) is 5.81. The molecule has 0 aromatic carbocycles. The molecule has 2 saturated heterocycles. The van der Waals surface area contributed by atoms with E-state index in [4.69, 9.17) is 0 Å². The van der Waals surface area contributed by atoms with E-state index in [0.29, 0.717) is 26.1 Å². The number of likely N-dealkylation sites (tertiary alicyclic amines) is 1. The van der Waals surface area contributed by atoms with Gasteiger partial charge in [-0.15, -0.1) is 0 Å². The van der Waals surface area contributed by atoms with E-state index in [1.165, 1.54) is 0 Å². The Bertz CT molecular complexity index is 355. The van der Waals surface area contributed by atoms with Gasteiger partial charge in [0, 0.05) is 39.3 Å². The van der Waals surface area contributed by atoms with Gasteiger partial charge >= 0.3 is 5.97 Å². The summed E-state index contributed by atoms with van der Waals surface area (Å²) in [6.07, 6.45) is 1.43. The summed E-state index contributed by atoms with van der Waals surface area (Å²) in [6, 6.07) is 0. The third-order valence-corrected chi connectivity index (χ3v) is 4.13. The summed E-state index contributed by atoms with van der Waals surface area (Å²) in [5.74, 6) is -0.735. The highest BCUT2D eigenvalue weighted by atomic mass is 16.4. The Balaban J connectivity index is 1.89. The number of carbonyl (C=O) groups is 2. The molecular formula is C13H23N3O3. The fourth-order valence-corrected chi connectivity index (χ4v) is 2.79. The lowest BCUT2D eigenvalue weighted by atomic mass is 9.82. The van der Waals surface area contributed by atoms with Crippen molar-refractivity contribution in [2.45, 2.75) is 19.8 Å². The largest absolute Gasteiger partial charge is 0.481 e. The van der Waals surface area contributed by atoms with Gasteiger partial charge in [0.2, 0.25) is 5.91 Å². The highest BCUT2D eigenvalue weighted by molar-refractivity contribution is 5.80. The molecule has 0 spiro atoms. The first kappa shape index (κ1) is 14.3. The van der Waals surface area contributed by atoms with E-state index >= 15 is 0 Å². The van der Waals surface area contributed by atoms with Crippen molar-refractivity contribution in [3.8, 4) is 0 Å². The molecule has 2 aliphatic heterocycles. The molecule has 108 valence electrons. The van der Waals surface area contributed by atoms with Gasteiger partial charge in [-0.1, -0.05) is 0 Å². The lowest BCUT2D eigenvalue weighted by Crippen LogP contribution is -2.53.